The van der Waals surface area contributed by atoms with Gasteiger partial charge in [0.2, 0.25) is 15.9 Å². The maximum atomic E-state index is 15.6. The molecule has 2 fully saturated rings. The van der Waals surface area contributed by atoms with Gasteiger partial charge in [0, 0.05) is 85.2 Å². The zero-order valence-electron chi connectivity index (χ0n) is 39.3. The lowest BCUT2D eigenvalue weighted by molar-refractivity contribution is -0.119. The number of pyridine rings is 1. The van der Waals surface area contributed by atoms with E-state index in [2.05, 4.69) is 22.2 Å². The van der Waals surface area contributed by atoms with Gasteiger partial charge < -0.3 is 33.0 Å². The third kappa shape index (κ3) is 10.3. The van der Waals surface area contributed by atoms with Crippen LogP contribution in [0.2, 0.25) is 0 Å². The molecule has 2 amide bonds. The molecule has 0 saturated heterocycles. The topological polar surface area (TPSA) is 167 Å². The van der Waals surface area contributed by atoms with Gasteiger partial charge in [0.25, 0.3) is 0 Å². The molecule has 0 spiro atoms. The van der Waals surface area contributed by atoms with Gasteiger partial charge in [-0.15, -0.1) is 0 Å². The van der Waals surface area contributed by atoms with Gasteiger partial charge in [-0.05, 0) is 101 Å². The van der Waals surface area contributed by atoms with Crippen LogP contribution in [0.5, 0.6) is 23.0 Å². The number of benzene rings is 3. The monoisotopic (exact) mass is 931 g/mol. The number of anilines is 2. The fourth-order valence-electron chi connectivity index (χ4n) is 8.17. The van der Waals surface area contributed by atoms with Crippen molar-refractivity contribution in [1.29, 1.82) is 0 Å². The number of aromatic nitrogens is 4. The van der Waals surface area contributed by atoms with Crippen molar-refractivity contribution in [3.63, 3.8) is 0 Å². The lowest BCUT2D eigenvalue weighted by Gasteiger charge is -2.30. The van der Waals surface area contributed by atoms with Crippen LogP contribution in [0.1, 0.15) is 85.8 Å². The number of ether oxygens (including phenoxy) is 5. The second-order valence-electron chi connectivity index (χ2n) is 18.0. The number of hydrogen-bond acceptors (Lipinski definition) is 12. The van der Waals surface area contributed by atoms with E-state index >= 15 is 8.42 Å². The Morgan fingerprint density at radius 1 is 0.791 bits per heavy atom. The summed E-state index contributed by atoms with van der Waals surface area (Å²) in [6.45, 7) is 6.86. The molecule has 0 N–H and O–H groups in total. The Morgan fingerprint density at radius 2 is 1.45 bits per heavy atom. The number of carbonyl (C=O) groups excluding carboxylic acids is 2. The Kier molecular flexibility index (Phi) is 13.2. The zero-order valence-corrected chi connectivity index (χ0v) is 40.2. The van der Waals surface area contributed by atoms with Gasteiger partial charge in [-0.1, -0.05) is 18.2 Å². The highest BCUT2D eigenvalue weighted by Crippen LogP contribution is 2.48. The van der Waals surface area contributed by atoms with E-state index in [1.807, 2.05) is 23.6 Å². The number of methoxy groups -OCH3 is 4. The largest absolute Gasteiger partial charge is 0.497 e. The first kappa shape index (κ1) is 46.8. The minimum Gasteiger partial charge on any atom is -0.497 e. The Labute approximate surface area is 391 Å². The number of hydrogen-bond donors (Lipinski definition) is 0. The molecule has 17 heteroatoms. The number of carbonyl (C=O) groups is 2. The first-order valence-electron chi connectivity index (χ1n) is 22.1. The average molecular weight is 932 g/mol. The molecular formula is C50H57N7O9S. The lowest BCUT2D eigenvalue weighted by atomic mass is 10.1. The summed E-state index contributed by atoms with van der Waals surface area (Å²) in [6.07, 6.45) is 7.71. The van der Waals surface area contributed by atoms with E-state index in [1.54, 1.807) is 88.6 Å². The van der Waals surface area contributed by atoms with Crippen molar-refractivity contribution in [1.82, 2.24) is 23.7 Å². The van der Waals surface area contributed by atoms with E-state index in [4.69, 9.17) is 28.7 Å². The van der Waals surface area contributed by atoms with Gasteiger partial charge in [0.1, 0.15) is 45.0 Å². The normalized spacial score (nSPS) is 15.9. The number of fused-ring (bicyclic) bond motifs is 1. The van der Waals surface area contributed by atoms with Crippen LogP contribution in [0.25, 0.3) is 5.65 Å². The van der Waals surface area contributed by atoms with Gasteiger partial charge in [0.15, 0.2) is 0 Å². The Balaban J connectivity index is 1.25. The molecule has 2 atom stereocenters. The van der Waals surface area contributed by atoms with Crippen LogP contribution in [0.4, 0.5) is 16.2 Å². The Morgan fingerprint density at radius 3 is 2.03 bits per heavy atom. The molecule has 0 radical (unpaired) electrons. The Hall–Kier alpha value is -6.72. The minimum absolute atomic E-state index is 0.0192. The van der Waals surface area contributed by atoms with Crippen LogP contribution in [0.15, 0.2) is 96.3 Å². The quantitative estimate of drug-likeness (QED) is 0.0858. The van der Waals surface area contributed by atoms with E-state index in [-0.39, 0.29) is 47.7 Å². The minimum atomic E-state index is -4.55. The van der Waals surface area contributed by atoms with Crippen LogP contribution < -0.4 is 28.7 Å². The van der Waals surface area contributed by atoms with Crippen LogP contribution in [0, 0.1) is 12.8 Å². The predicted molar refractivity (Wildman–Crippen MR) is 253 cm³/mol. The predicted octanol–water partition coefficient (Wildman–Crippen LogP) is 8.44. The molecular weight excluding hydrogens is 875 g/mol. The Bertz CT molecular complexity index is 2870. The molecule has 2 aliphatic carbocycles. The van der Waals surface area contributed by atoms with Crippen LogP contribution in [-0.2, 0) is 39.2 Å². The summed E-state index contributed by atoms with van der Waals surface area (Å²) < 4.78 is 62.9. The molecule has 6 aromatic rings. The lowest BCUT2D eigenvalue weighted by Crippen LogP contribution is -2.37. The molecule has 67 heavy (non-hydrogen) atoms. The van der Waals surface area contributed by atoms with E-state index in [0.717, 1.165) is 24.2 Å². The SMILES string of the molecule is COc1ccc(CN(Cc2ccc(OC)cc2OC)S(=O)(=O)c2ccc(N(Cc3cn4cc(C5CC5)ccc4n3)C(=O)OC(C)(C)C)cc2N(C)C(=O)[C@H]2C[C@@H]2c2nccc(C)n2)c(OC)c1. The zero-order chi connectivity index (χ0) is 47.8. The molecule has 0 aliphatic heterocycles. The molecule has 8 rings (SSSR count). The van der Waals surface area contributed by atoms with Crippen molar-refractivity contribution in [2.45, 2.75) is 88.9 Å². The summed E-state index contributed by atoms with van der Waals surface area (Å²) >= 11 is 0. The molecule has 16 nitrogen and oxygen atoms in total. The van der Waals surface area contributed by atoms with Crippen LogP contribution in [-0.4, -0.2) is 85.2 Å². The van der Waals surface area contributed by atoms with Gasteiger partial charge in [-0.2, -0.15) is 4.31 Å². The average Bonchev–Trinajstić information content (AvgIpc) is 4.26. The van der Waals surface area contributed by atoms with E-state index in [0.29, 0.717) is 58.0 Å². The summed E-state index contributed by atoms with van der Waals surface area (Å²) in [4.78, 5) is 45.4. The first-order valence-corrected chi connectivity index (χ1v) is 23.5. The molecule has 2 saturated carbocycles. The maximum absolute atomic E-state index is 15.6. The standard InChI is InChI=1S/C50H57N7O9S/c1-31-20-21-51-47(52-31)40-25-41(40)48(58)54(5)42-22-37(57(49(59)66-50(2,3)4)30-36-29-55-26-33(32-10-11-32)14-19-46(55)53-36)15-18-45(42)67(60,61)56(27-34-12-16-38(62-6)23-43(34)64-8)28-35-13-17-39(63-7)24-44(35)65-9/h12-24,26,29,32,40-41H,10-11,25,27-28,30H2,1-9H3/t40-,41-/m0/s1. The summed E-state index contributed by atoms with van der Waals surface area (Å²) in [5.74, 6) is 1.85. The molecule has 352 valence electrons. The van der Waals surface area contributed by atoms with Crippen LogP contribution >= 0.6 is 0 Å². The van der Waals surface area contributed by atoms with E-state index in [9.17, 15) is 9.59 Å². The number of nitrogens with zero attached hydrogens (tertiary/aromatic N) is 7. The van der Waals surface area contributed by atoms with Crippen molar-refractivity contribution in [3.8, 4) is 23.0 Å². The molecule has 3 aromatic heterocycles. The second-order valence-corrected chi connectivity index (χ2v) is 19.9. The summed E-state index contributed by atoms with van der Waals surface area (Å²) in [5, 5.41) is 0. The van der Waals surface area contributed by atoms with Gasteiger partial charge in [-0.25, -0.2) is 28.2 Å². The highest BCUT2D eigenvalue weighted by molar-refractivity contribution is 7.89. The first-order chi connectivity index (χ1) is 32.0. The summed E-state index contributed by atoms with van der Waals surface area (Å²) in [5.41, 5.74) is 3.85. The summed E-state index contributed by atoms with van der Waals surface area (Å²) in [7, 11) is 3.08. The van der Waals surface area contributed by atoms with Crippen molar-refractivity contribution in [2.75, 3.05) is 45.3 Å². The summed E-state index contributed by atoms with van der Waals surface area (Å²) in [6, 6.07) is 20.7. The molecule has 3 heterocycles. The highest BCUT2D eigenvalue weighted by Gasteiger charge is 2.48. The van der Waals surface area contributed by atoms with Gasteiger partial charge >= 0.3 is 6.09 Å². The second kappa shape index (κ2) is 18.9. The van der Waals surface area contributed by atoms with Crippen molar-refractivity contribution in [2.24, 2.45) is 5.92 Å². The third-order valence-electron chi connectivity index (χ3n) is 12.0. The fraction of sp³-hybridized carbons (Fsp3) is 0.380. The third-order valence-corrected chi connectivity index (χ3v) is 13.8. The van der Waals surface area contributed by atoms with Crippen molar-refractivity contribution in [3.05, 3.63) is 125 Å². The fourth-order valence-corrected chi connectivity index (χ4v) is 9.76. The van der Waals surface area contributed by atoms with Crippen molar-refractivity contribution < 1.29 is 41.7 Å². The van der Waals surface area contributed by atoms with E-state index in [1.165, 1.54) is 54.2 Å². The molecule has 0 bridgehead atoms. The van der Waals surface area contributed by atoms with Crippen LogP contribution in [0.3, 0.4) is 0 Å². The number of imidazole rings is 1. The molecule has 0 unspecified atom stereocenters. The van der Waals surface area contributed by atoms with E-state index < -0.39 is 27.6 Å². The highest BCUT2D eigenvalue weighted by atomic mass is 32.2. The number of rotatable bonds is 17. The van der Waals surface area contributed by atoms with Crippen molar-refractivity contribution >= 4 is 39.0 Å². The molecule has 3 aromatic carbocycles. The van der Waals surface area contributed by atoms with Gasteiger partial charge in [-0.3, -0.25) is 9.69 Å². The smallest absolute Gasteiger partial charge is 0.415 e. The maximum Gasteiger partial charge on any atom is 0.415 e. The number of aryl methyl sites for hydroxylation is 1. The number of sulfonamides is 1. The number of amides is 2. The molecule has 2 aliphatic rings. The van der Waals surface area contributed by atoms with Gasteiger partial charge in [0.05, 0.1) is 46.4 Å².